The molecule has 0 unspecified atom stereocenters. The molecule has 0 aromatic heterocycles. The quantitative estimate of drug-likeness (QED) is 0.0730. The van der Waals surface area contributed by atoms with Gasteiger partial charge in [0.05, 0.1) is 0 Å². The molecule has 4 heteroatoms. The summed E-state index contributed by atoms with van der Waals surface area (Å²) in [5, 5.41) is 5.66. The van der Waals surface area contributed by atoms with Crippen molar-refractivity contribution in [3.05, 3.63) is 131 Å². The van der Waals surface area contributed by atoms with Gasteiger partial charge in [-0.15, -0.1) is 69.1 Å². The third-order valence-electron chi connectivity index (χ3n) is 12.5. The molecule has 2 aliphatic carbocycles. The molecule has 0 bridgehead atoms. The van der Waals surface area contributed by atoms with E-state index >= 15 is 0 Å². The summed E-state index contributed by atoms with van der Waals surface area (Å²) >= 11 is -0.826. The fraction of sp³-hybridized carbons (Fsp3) is 0.444. The van der Waals surface area contributed by atoms with Crippen molar-refractivity contribution in [2.24, 2.45) is 11.8 Å². The second-order valence-corrected chi connectivity index (χ2v) is 21.7. The van der Waals surface area contributed by atoms with Gasteiger partial charge in [-0.25, -0.2) is 0 Å². The Balaban J connectivity index is 0.000000187. The van der Waals surface area contributed by atoms with Crippen molar-refractivity contribution in [2.45, 2.75) is 143 Å². The molecule has 0 aliphatic heterocycles. The number of fused-ring (bicyclic) bond motifs is 2. The van der Waals surface area contributed by atoms with Gasteiger partial charge >= 0.3 is 37.9 Å². The predicted octanol–water partition coefficient (Wildman–Crippen LogP) is 17.5. The van der Waals surface area contributed by atoms with Crippen LogP contribution in [0.1, 0.15) is 126 Å². The first kappa shape index (κ1) is 46.8. The monoisotopic (exact) mass is 904 g/mol. The summed E-state index contributed by atoms with van der Waals surface area (Å²) in [5.74, 6) is 1.79. The van der Waals surface area contributed by atoms with Gasteiger partial charge in [0, 0.05) is 9.52 Å². The van der Waals surface area contributed by atoms with E-state index in [4.69, 9.17) is 17.0 Å². The Morgan fingerprint density at radius 2 is 0.931 bits per heavy atom. The normalized spacial score (nSPS) is 14.9. The Labute approximate surface area is 374 Å². The van der Waals surface area contributed by atoms with Gasteiger partial charge in [-0.2, -0.15) is 12.1 Å². The van der Waals surface area contributed by atoms with E-state index in [0.29, 0.717) is 0 Å². The van der Waals surface area contributed by atoms with Crippen LogP contribution in [0.25, 0.3) is 43.8 Å². The zero-order chi connectivity index (χ0) is 41.0. The van der Waals surface area contributed by atoms with Crippen molar-refractivity contribution in [3.63, 3.8) is 0 Å². The molecule has 2 aliphatic rings. The zero-order valence-electron chi connectivity index (χ0n) is 36.0. The molecule has 2 saturated carbocycles. The predicted molar refractivity (Wildman–Crippen MR) is 257 cm³/mol. The maximum atomic E-state index is 4.93. The molecule has 6 aromatic carbocycles. The summed E-state index contributed by atoms with van der Waals surface area (Å²) < 4.78 is 0. The van der Waals surface area contributed by atoms with Crippen molar-refractivity contribution < 1.29 is 20.8 Å². The molecule has 306 valence electrons. The van der Waals surface area contributed by atoms with E-state index in [1.54, 1.807) is 11.1 Å². The minimum atomic E-state index is -0.826. The number of rotatable bonds is 10. The zero-order valence-corrected chi connectivity index (χ0v) is 41.0. The first-order valence-electron chi connectivity index (χ1n) is 22.7. The molecule has 0 nitrogen and oxygen atoms in total. The molecule has 2 radical (unpaired) electrons. The summed E-state index contributed by atoms with van der Waals surface area (Å²) in [4.78, 5) is 0. The number of aryl methyl sites for hydroxylation is 2. The van der Waals surface area contributed by atoms with Crippen molar-refractivity contribution in [1.29, 1.82) is 0 Å². The maximum absolute atomic E-state index is 4.93. The first-order chi connectivity index (χ1) is 28.5. The summed E-state index contributed by atoms with van der Waals surface area (Å²) in [6.45, 7) is 8.89. The van der Waals surface area contributed by atoms with Crippen LogP contribution in [0.3, 0.4) is 0 Å². The van der Waals surface area contributed by atoms with Gasteiger partial charge in [0.2, 0.25) is 0 Å². The van der Waals surface area contributed by atoms with Gasteiger partial charge in [-0.1, -0.05) is 189 Å². The molecular formula is C54H68Cl2SiZr. The third-order valence-corrected chi connectivity index (χ3v) is 13.5. The van der Waals surface area contributed by atoms with E-state index in [9.17, 15) is 0 Å². The molecule has 2 fully saturated rings. The standard InChI is InChI=1S/2C25H29.C4H10Si.2ClH.Zr/c2*1-2-19-12-14-22(15-13-19)24-11-7-10-23-17-21(18-25(23)24)16-20-8-5-3-4-6-9-20;1-3-4-5-2;;;/h2*7,10-15,17-18,20H,2-6,8-9,16H2,1H3;3-4H2,1-2H3;2*1H;/q2*-1;;;;+4/p-2. The molecule has 0 N–H and O–H groups in total. The molecule has 58 heavy (non-hydrogen) atoms. The topological polar surface area (TPSA) is 0 Å². The summed E-state index contributed by atoms with van der Waals surface area (Å²) in [6, 6.07) is 42.9. The van der Waals surface area contributed by atoms with Crippen LogP contribution in [0, 0.1) is 11.8 Å². The van der Waals surface area contributed by atoms with E-state index in [-0.39, 0.29) is 0 Å². The molecule has 0 spiro atoms. The van der Waals surface area contributed by atoms with Gasteiger partial charge in [0.25, 0.3) is 0 Å². The van der Waals surface area contributed by atoms with Crippen LogP contribution in [0.5, 0.6) is 0 Å². The Morgan fingerprint density at radius 1 is 0.552 bits per heavy atom. The second kappa shape index (κ2) is 26.2. The minimum absolute atomic E-state index is 0.826. The molecule has 0 saturated heterocycles. The van der Waals surface area contributed by atoms with Gasteiger partial charge in [-0.3, -0.25) is 0 Å². The molecule has 0 heterocycles. The Morgan fingerprint density at radius 3 is 1.24 bits per heavy atom. The van der Waals surface area contributed by atoms with Crippen molar-refractivity contribution >= 4 is 48.1 Å². The molecular weight excluding hydrogens is 839 g/mol. The third kappa shape index (κ3) is 14.5. The van der Waals surface area contributed by atoms with Crippen LogP contribution in [0.4, 0.5) is 0 Å². The Bertz CT molecular complexity index is 1860. The SMILES string of the molecule is CCC[Si]C.CCc1ccc(-c2cccc3[cH-]c(CC4CCCCCC4)cc23)cc1.CCc1ccc(-c2cccc3[cH-]c(CC4CCCCCC4)cc23)cc1.[Cl][Zr+2][Cl]. The Hall–Kier alpha value is -2.22. The second-order valence-electron chi connectivity index (χ2n) is 16.7. The van der Waals surface area contributed by atoms with Crippen molar-refractivity contribution in [2.75, 3.05) is 0 Å². The first-order valence-corrected chi connectivity index (χ1v) is 30.7. The van der Waals surface area contributed by atoms with Crippen molar-refractivity contribution in [1.82, 2.24) is 0 Å². The van der Waals surface area contributed by atoms with Crippen molar-refractivity contribution in [3.8, 4) is 22.3 Å². The van der Waals surface area contributed by atoms with Crippen LogP contribution in [0.15, 0.2) is 109 Å². The molecule has 0 amide bonds. The number of hydrogen-bond donors (Lipinski definition) is 0. The van der Waals surface area contributed by atoms with Gasteiger partial charge in [0.15, 0.2) is 0 Å². The summed E-state index contributed by atoms with van der Waals surface area (Å²) in [6.07, 6.45) is 23.3. The van der Waals surface area contributed by atoms with E-state index in [1.165, 1.54) is 157 Å². The Kier molecular flexibility index (Phi) is 21.2. The number of halogens is 2. The van der Waals surface area contributed by atoms with Crippen LogP contribution >= 0.6 is 17.0 Å². The van der Waals surface area contributed by atoms with Gasteiger partial charge in [0.1, 0.15) is 0 Å². The van der Waals surface area contributed by atoms with E-state index in [2.05, 4.69) is 137 Å². The van der Waals surface area contributed by atoms with E-state index in [0.717, 1.165) is 34.2 Å². The van der Waals surface area contributed by atoms with Crippen LogP contribution in [0.2, 0.25) is 12.6 Å². The van der Waals surface area contributed by atoms with Gasteiger partial charge < -0.3 is 0 Å². The van der Waals surface area contributed by atoms with Crippen LogP contribution < -0.4 is 0 Å². The van der Waals surface area contributed by atoms with Crippen LogP contribution in [-0.2, 0) is 46.5 Å². The fourth-order valence-corrected chi connectivity index (χ4v) is 9.73. The number of benzene rings is 4. The van der Waals surface area contributed by atoms with E-state index in [1.807, 2.05) is 0 Å². The van der Waals surface area contributed by atoms with Crippen LogP contribution in [-0.4, -0.2) is 9.52 Å². The van der Waals surface area contributed by atoms with E-state index < -0.39 is 20.8 Å². The average Bonchev–Trinajstić information content (AvgIpc) is 3.64. The fourth-order valence-electron chi connectivity index (χ4n) is 9.23. The number of hydrogen-bond acceptors (Lipinski definition) is 0. The summed E-state index contributed by atoms with van der Waals surface area (Å²) in [5.41, 5.74) is 11.3. The molecule has 8 rings (SSSR count). The average molecular weight is 907 g/mol. The summed E-state index contributed by atoms with van der Waals surface area (Å²) in [7, 11) is 11.0. The molecule has 0 atom stereocenters. The molecule has 6 aromatic rings. The van der Waals surface area contributed by atoms with Gasteiger partial charge in [-0.05, 0) is 59.8 Å².